The van der Waals surface area contributed by atoms with E-state index in [4.69, 9.17) is 5.73 Å². The number of halogens is 1. The number of nitrogens with zero attached hydrogens (tertiary/aromatic N) is 5. The molecule has 0 saturated heterocycles. The Morgan fingerprint density at radius 3 is 2.50 bits per heavy atom. The second kappa shape index (κ2) is 8.77. The summed E-state index contributed by atoms with van der Waals surface area (Å²) >= 11 is 0. The largest absolute Gasteiger partial charge is 0.382 e. The standard InChI is InChI=1S/C19H20FN7O4S/c1-25-11-16(18(28)26(2)19(25)29)32(30,31)23-9-3-4-15-14(10-21)17(22)27(24-15)13-7-5-12(20)6-8-13/h5-8,11,23H,3-4,9,22H2,1-2H3. The third-order valence-electron chi connectivity index (χ3n) is 4.76. The van der Waals surface area contributed by atoms with E-state index >= 15 is 0 Å². The lowest BCUT2D eigenvalue weighted by atomic mass is 10.1. The van der Waals surface area contributed by atoms with Crippen LogP contribution in [0.3, 0.4) is 0 Å². The van der Waals surface area contributed by atoms with Gasteiger partial charge in [0.05, 0.1) is 11.4 Å². The molecule has 1 aromatic carbocycles. The molecule has 0 aliphatic carbocycles. The first-order valence-electron chi connectivity index (χ1n) is 9.36. The molecular formula is C19H20FN7O4S. The summed E-state index contributed by atoms with van der Waals surface area (Å²) in [7, 11) is -1.64. The quantitative estimate of drug-likeness (QED) is 0.460. The third-order valence-corrected chi connectivity index (χ3v) is 6.21. The Morgan fingerprint density at radius 1 is 1.22 bits per heavy atom. The highest BCUT2D eigenvalue weighted by Gasteiger charge is 2.21. The van der Waals surface area contributed by atoms with Gasteiger partial charge in [0, 0.05) is 26.8 Å². The number of aromatic nitrogens is 4. The van der Waals surface area contributed by atoms with Crippen LogP contribution < -0.4 is 21.7 Å². The van der Waals surface area contributed by atoms with Gasteiger partial charge in [-0.1, -0.05) is 0 Å². The minimum atomic E-state index is -4.17. The molecule has 0 bridgehead atoms. The Labute approximate surface area is 182 Å². The number of hydrogen-bond acceptors (Lipinski definition) is 7. The lowest BCUT2D eigenvalue weighted by Crippen LogP contribution is -2.41. The molecule has 0 unspecified atom stereocenters. The van der Waals surface area contributed by atoms with E-state index in [1.54, 1.807) is 0 Å². The van der Waals surface area contributed by atoms with E-state index in [0.717, 1.165) is 10.8 Å². The lowest BCUT2D eigenvalue weighted by Gasteiger charge is -2.09. The molecule has 11 nitrogen and oxygen atoms in total. The smallest absolute Gasteiger partial charge is 0.330 e. The molecule has 0 saturated carbocycles. The zero-order chi connectivity index (χ0) is 23.6. The van der Waals surface area contributed by atoms with E-state index in [1.807, 2.05) is 6.07 Å². The molecule has 3 aromatic rings. The van der Waals surface area contributed by atoms with E-state index < -0.39 is 32.0 Å². The second-order valence-corrected chi connectivity index (χ2v) is 8.69. The number of hydrogen-bond donors (Lipinski definition) is 2. The molecule has 0 atom stereocenters. The number of nitrogens with one attached hydrogen (secondary N) is 1. The normalized spacial score (nSPS) is 11.4. The van der Waals surface area contributed by atoms with Gasteiger partial charge in [0.25, 0.3) is 5.56 Å². The van der Waals surface area contributed by atoms with Crippen molar-refractivity contribution in [2.45, 2.75) is 17.7 Å². The van der Waals surface area contributed by atoms with Crippen LogP contribution in [0.15, 0.2) is 44.9 Å². The monoisotopic (exact) mass is 461 g/mol. The van der Waals surface area contributed by atoms with Gasteiger partial charge in [-0.3, -0.25) is 9.36 Å². The first-order valence-corrected chi connectivity index (χ1v) is 10.8. The van der Waals surface area contributed by atoms with Crippen LogP contribution >= 0.6 is 0 Å². The zero-order valence-electron chi connectivity index (χ0n) is 17.2. The molecule has 0 spiro atoms. The number of sulfonamides is 1. The summed E-state index contributed by atoms with van der Waals surface area (Å²) in [5, 5.41) is 13.7. The Balaban J connectivity index is 1.74. The van der Waals surface area contributed by atoms with Crippen molar-refractivity contribution in [3.05, 3.63) is 68.4 Å². The Kier molecular flexibility index (Phi) is 6.28. The molecule has 3 rings (SSSR count). The Morgan fingerprint density at radius 2 is 1.88 bits per heavy atom. The first kappa shape index (κ1) is 22.9. The summed E-state index contributed by atoms with van der Waals surface area (Å²) < 4.78 is 43.5. The molecule has 0 fully saturated rings. The summed E-state index contributed by atoms with van der Waals surface area (Å²) in [5.41, 5.74) is 5.39. The van der Waals surface area contributed by atoms with Gasteiger partial charge < -0.3 is 10.3 Å². The van der Waals surface area contributed by atoms with E-state index in [9.17, 15) is 27.7 Å². The van der Waals surface area contributed by atoms with Crippen molar-refractivity contribution >= 4 is 15.8 Å². The summed E-state index contributed by atoms with van der Waals surface area (Å²) in [5.74, 6) is -0.343. The maximum atomic E-state index is 13.2. The average molecular weight is 461 g/mol. The molecular weight excluding hydrogens is 441 g/mol. The minimum Gasteiger partial charge on any atom is -0.382 e. The number of aryl methyl sites for hydroxylation is 2. The van der Waals surface area contributed by atoms with Gasteiger partial charge in [-0.2, -0.15) is 10.4 Å². The van der Waals surface area contributed by atoms with Crippen LogP contribution in [0.25, 0.3) is 5.69 Å². The molecule has 13 heteroatoms. The molecule has 2 heterocycles. The fourth-order valence-corrected chi connectivity index (χ4v) is 4.29. The molecule has 0 amide bonds. The highest BCUT2D eigenvalue weighted by atomic mass is 32.2. The van der Waals surface area contributed by atoms with Crippen LogP contribution in [0.2, 0.25) is 0 Å². The molecule has 0 radical (unpaired) electrons. The van der Waals surface area contributed by atoms with Gasteiger partial charge >= 0.3 is 5.69 Å². The molecule has 168 valence electrons. The van der Waals surface area contributed by atoms with Gasteiger partial charge in [-0.25, -0.2) is 27.0 Å². The van der Waals surface area contributed by atoms with Gasteiger partial charge in [0.1, 0.15) is 23.3 Å². The summed E-state index contributed by atoms with van der Waals surface area (Å²) in [6, 6.07) is 7.38. The van der Waals surface area contributed by atoms with Crippen molar-refractivity contribution in [1.29, 1.82) is 5.26 Å². The maximum Gasteiger partial charge on any atom is 0.330 e. The fourth-order valence-electron chi connectivity index (χ4n) is 3.05. The maximum absolute atomic E-state index is 13.2. The molecule has 0 aliphatic heterocycles. The van der Waals surface area contributed by atoms with Gasteiger partial charge in [-0.15, -0.1) is 0 Å². The fraction of sp³-hybridized carbons (Fsp3) is 0.263. The topological polar surface area (TPSA) is 158 Å². The minimum absolute atomic E-state index is 0.0531. The van der Waals surface area contributed by atoms with Gasteiger partial charge in [0.15, 0.2) is 4.90 Å². The highest BCUT2D eigenvalue weighted by Crippen LogP contribution is 2.21. The average Bonchev–Trinajstić information content (AvgIpc) is 3.08. The van der Waals surface area contributed by atoms with E-state index in [2.05, 4.69) is 9.82 Å². The van der Waals surface area contributed by atoms with E-state index in [-0.39, 0.29) is 30.8 Å². The van der Waals surface area contributed by atoms with Crippen molar-refractivity contribution < 1.29 is 12.8 Å². The number of rotatable bonds is 7. The summed E-state index contributed by atoms with van der Waals surface area (Å²) in [6.07, 6.45) is 1.43. The van der Waals surface area contributed by atoms with Crippen LogP contribution in [0, 0.1) is 17.1 Å². The zero-order valence-corrected chi connectivity index (χ0v) is 18.1. The van der Waals surface area contributed by atoms with Crippen LogP contribution in [-0.2, 0) is 30.5 Å². The second-order valence-electron chi connectivity index (χ2n) is 6.96. The third kappa shape index (κ3) is 4.32. The highest BCUT2D eigenvalue weighted by molar-refractivity contribution is 7.89. The van der Waals surface area contributed by atoms with Gasteiger partial charge in [0.2, 0.25) is 10.0 Å². The predicted molar refractivity (Wildman–Crippen MR) is 113 cm³/mol. The summed E-state index contributed by atoms with van der Waals surface area (Å²) in [4.78, 5) is 23.4. The summed E-state index contributed by atoms with van der Waals surface area (Å²) in [6.45, 7) is -0.0531. The van der Waals surface area contributed by atoms with Gasteiger partial charge in [-0.05, 0) is 37.1 Å². The molecule has 3 N–H and O–H groups in total. The number of anilines is 1. The number of benzene rings is 1. The van der Waals surface area contributed by atoms with Crippen molar-refractivity contribution in [1.82, 2.24) is 23.6 Å². The number of nitriles is 1. The Bertz CT molecular complexity index is 1430. The van der Waals surface area contributed by atoms with Crippen LogP contribution in [0.5, 0.6) is 0 Å². The van der Waals surface area contributed by atoms with Crippen LogP contribution in [0.4, 0.5) is 10.2 Å². The molecule has 2 aromatic heterocycles. The van der Waals surface area contributed by atoms with Crippen LogP contribution in [-0.4, -0.2) is 33.9 Å². The van der Waals surface area contributed by atoms with Crippen molar-refractivity contribution in [3.63, 3.8) is 0 Å². The SMILES string of the molecule is Cn1cc(S(=O)(=O)NCCCc2nn(-c3ccc(F)cc3)c(N)c2C#N)c(=O)n(C)c1=O. The Hall–Kier alpha value is -3.76. The van der Waals surface area contributed by atoms with E-state index in [0.29, 0.717) is 15.9 Å². The lowest BCUT2D eigenvalue weighted by molar-refractivity contribution is 0.568. The molecule has 32 heavy (non-hydrogen) atoms. The number of nitrogens with two attached hydrogens (primary N) is 1. The van der Waals surface area contributed by atoms with Crippen molar-refractivity contribution in [3.8, 4) is 11.8 Å². The van der Waals surface area contributed by atoms with E-state index in [1.165, 1.54) is 43.0 Å². The van der Waals surface area contributed by atoms with Crippen LogP contribution in [0.1, 0.15) is 17.7 Å². The first-order chi connectivity index (χ1) is 15.1. The number of nitrogen functional groups attached to an aromatic ring is 1. The van der Waals surface area contributed by atoms with Crippen molar-refractivity contribution in [2.24, 2.45) is 14.1 Å². The molecule has 0 aliphatic rings. The van der Waals surface area contributed by atoms with Crippen molar-refractivity contribution in [2.75, 3.05) is 12.3 Å². The predicted octanol–water partition coefficient (Wildman–Crippen LogP) is -0.226.